The average Bonchev–Trinajstić information content (AvgIpc) is 2.98. The maximum absolute atomic E-state index is 10.8. The van der Waals surface area contributed by atoms with E-state index in [4.69, 9.17) is 10.5 Å². The highest BCUT2D eigenvalue weighted by Gasteiger charge is 2.39. The van der Waals surface area contributed by atoms with Crippen LogP contribution >= 0.6 is 0 Å². The molecule has 29 heavy (non-hydrogen) atoms. The summed E-state index contributed by atoms with van der Waals surface area (Å²) in [7, 11) is 1.70. The van der Waals surface area contributed by atoms with Crippen molar-refractivity contribution in [2.45, 2.75) is 63.3 Å². The molecule has 5 heteroatoms. The fraction of sp³-hybridized carbons (Fsp3) is 0.542. The van der Waals surface area contributed by atoms with Crippen LogP contribution in [0, 0.1) is 11.8 Å². The van der Waals surface area contributed by atoms with Gasteiger partial charge in [0.15, 0.2) is 0 Å². The molecule has 4 N–H and O–H groups in total. The van der Waals surface area contributed by atoms with Crippen LogP contribution in [0.15, 0.2) is 54.6 Å². The number of aliphatic hydroxyl groups is 2. The number of hydrogen-bond acceptors (Lipinski definition) is 4. The molecule has 5 unspecified atom stereocenters. The predicted octanol–water partition coefficient (Wildman–Crippen LogP) is 3.15. The number of amides is 1. The minimum Gasteiger partial charge on any atom is -0.393 e. The number of primary amides is 1. The van der Waals surface area contributed by atoms with Gasteiger partial charge in [0.05, 0.1) is 18.3 Å². The van der Waals surface area contributed by atoms with Gasteiger partial charge in [0.2, 0.25) is 5.91 Å². The van der Waals surface area contributed by atoms with Crippen molar-refractivity contribution in [3.63, 3.8) is 0 Å². The zero-order valence-corrected chi connectivity index (χ0v) is 17.3. The molecule has 1 aromatic carbocycles. The third-order valence-electron chi connectivity index (χ3n) is 5.70. The number of rotatable bonds is 12. The van der Waals surface area contributed by atoms with Crippen molar-refractivity contribution in [3.05, 3.63) is 60.2 Å². The first-order valence-corrected chi connectivity index (χ1v) is 10.6. The van der Waals surface area contributed by atoms with Gasteiger partial charge in [0.1, 0.15) is 0 Å². The van der Waals surface area contributed by atoms with Gasteiger partial charge in [-0.15, -0.1) is 0 Å². The number of carbonyl (C=O) groups is 1. The molecule has 0 bridgehead atoms. The molecule has 1 saturated carbocycles. The van der Waals surface area contributed by atoms with Crippen LogP contribution in [0.5, 0.6) is 0 Å². The van der Waals surface area contributed by atoms with E-state index in [0.29, 0.717) is 19.3 Å². The van der Waals surface area contributed by atoms with Crippen molar-refractivity contribution in [2.75, 3.05) is 7.11 Å². The van der Waals surface area contributed by atoms with E-state index in [1.165, 1.54) is 5.56 Å². The third-order valence-corrected chi connectivity index (χ3v) is 5.70. The number of nitrogens with two attached hydrogens (primary N) is 1. The van der Waals surface area contributed by atoms with Crippen LogP contribution in [0.1, 0.15) is 44.1 Å². The minimum atomic E-state index is -0.541. The maximum atomic E-state index is 10.8. The zero-order chi connectivity index (χ0) is 21.1. The van der Waals surface area contributed by atoms with E-state index in [2.05, 4.69) is 12.1 Å². The monoisotopic (exact) mass is 401 g/mol. The van der Waals surface area contributed by atoms with E-state index in [1.54, 1.807) is 7.11 Å². The Kier molecular flexibility index (Phi) is 10.1. The van der Waals surface area contributed by atoms with E-state index in [0.717, 1.165) is 25.7 Å². The topological polar surface area (TPSA) is 92.8 Å². The van der Waals surface area contributed by atoms with Gasteiger partial charge in [-0.2, -0.15) is 0 Å². The third kappa shape index (κ3) is 8.13. The molecule has 5 atom stereocenters. The Bertz CT molecular complexity index is 658. The number of benzene rings is 1. The molecule has 0 aliphatic heterocycles. The summed E-state index contributed by atoms with van der Waals surface area (Å²) in [5.74, 6) is -0.382. The lowest BCUT2D eigenvalue weighted by atomic mass is 9.89. The lowest BCUT2D eigenvalue weighted by molar-refractivity contribution is -0.118. The van der Waals surface area contributed by atoms with Gasteiger partial charge in [-0.3, -0.25) is 4.79 Å². The molecular formula is C24H35NO4. The molecule has 160 valence electrons. The fourth-order valence-electron chi connectivity index (χ4n) is 3.97. The number of aliphatic hydroxyl groups excluding tert-OH is 2. The first-order valence-electron chi connectivity index (χ1n) is 10.6. The van der Waals surface area contributed by atoms with Gasteiger partial charge in [0, 0.05) is 25.9 Å². The number of methoxy groups -OCH3 is 1. The zero-order valence-electron chi connectivity index (χ0n) is 17.3. The number of allylic oxidation sites excluding steroid dienone is 2. The van der Waals surface area contributed by atoms with Crippen LogP contribution in [0.2, 0.25) is 0 Å². The summed E-state index contributed by atoms with van der Waals surface area (Å²) in [5.41, 5.74) is 6.42. The van der Waals surface area contributed by atoms with Gasteiger partial charge in [-0.25, -0.2) is 0 Å². The highest BCUT2D eigenvalue weighted by Crippen LogP contribution is 2.36. The first-order chi connectivity index (χ1) is 14.0. The molecule has 1 aliphatic rings. The van der Waals surface area contributed by atoms with Gasteiger partial charge < -0.3 is 20.7 Å². The molecule has 1 aliphatic carbocycles. The molecule has 0 spiro atoms. The first kappa shape index (κ1) is 23.3. The molecule has 0 saturated heterocycles. The van der Waals surface area contributed by atoms with Gasteiger partial charge in [-0.1, -0.05) is 54.6 Å². The Morgan fingerprint density at radius 1 is 1.24 bits per heavy atom. The van der Waals surface area contributed by atoms with Crippen LogP contribution in [-0.4, -0.2) is 41.5 Å². The molecule has 2 rings (SSSR count). The average molecular weight is 402 g/mol. The molecule has 0 radical (unpaired) electrons. The van der Waals surface area contributed by atoms with Crippen molar-refractivity contribution in [3.8, 4) is 0 Å². The van der Waals surface area contributed by atoms with E-state index >= 15 is 0 Å². The van der Waals surface area contributed by atoms with Crippen LogP contribution in [0.3, 0.4) is 0 Å². The van der Waals surface area contributed by atoms with Crippen molar-refractivity contribution < 1.29 is 19.7 Å². The van der Waals surface area contributed by atoms with Crippen molar-refractivity contribution in [1.82, 2.24) is 0 Å². The standard InChI is InChI=1S/C24H35NO4/c1-29-19(14-13-18-9-5-4-6-10-18)15-16-21-20(22(26)17-23(21)27)11-7-2-3-8-12-24(25)28/h2,4-7,9-10,15-16,19-23,26-27H,3,8,11-14,17H2,1H3,(H2,25,28). The molecule has 1 amide bonds. The SMILES string of the molecule is COC(C=CC1C(O)CC(O)C1CC=CCCCC(N)=O)CCc1ccccc1. The summed E-state index contributed by atoms with van der Waals surface area (Å²) in [6.45, 7) is 0. The normalized spacial score (nSPS) is 25.8. The highest BCUT2D eigenvalue weighted by atomic mass is 16.5. The smallest absolute Gasteiger partial charge is 0.217 e. The number of ether oxygens (including phenoxy) is 1. The predicted molar refractivity (Wildman–Crippen MR) is 115 cm³/mol. The minimum absolute atomic E-state index is 0.0136. The van der Waals surface area contributed by atoms with E-state index in [9.17, 15) is 15.0 Å². The van der Waals surface area contributed by atoms with Crippen molar-refractivity contribution in [1.29, 1.82) is 0 Å². The maximum Gasteiger partial charge on any atom is 0.217 e. The summed E-state index contributed by atoms with van der Waals surface area (Å²) in [4.78, 5) is 10.8. The Balaban J connectivity index is 1.87. The van der Waals surface area contributed by atoms with Crippen LogP contribution in [-0.2, 0) is 16.0 Å². The van der Waals surface area contributed by atoms with Gasteiger partial charge in [-0.05, 0) is 43.6 Å². The van der Waals surface area contributed by atoms with E-state index in [-0.39, 0.29) is 23.8 Å². The second-order valence-electron chi connectivity index (χ2n) is 7.86. The second kappa shape index (κ2) is 12.6. The van der Waals surface area contributed by atoms with Crippen molar-refractivity contribution in [2.24, 2.45) is 17.6 Å². The Hall–Kier alpha value is -1.95. The largest absolute Gasteiger partial charge is 0.393 e. The van der Waals surface area contributed by atoms with Gasteiger partial charge >= 0.3 is 0 Å². The second-order valence-corrected chi connectivity index (χ2v) is 7.86. The quantitative estimate of drug-likeness (QED) is 0.370. The number of unbranched alkanes of at least 4 members (excludes halogenated alkanes) is 1. The fourth-order valence-corrected chi connectivity index (χ4v) is 3.97. The van der Waals surface area contributed by atoms with Crippen LogP contribution in [0.25, 0.3) is 0 Å². The summed E-state index contributed by atoms with van der Waals surface area (Å²) in [6.07, 6.45) is 11.8. The molecule has 1 fully saturated rings. The van der Waals surface area contributed by atoms with Crippen LogP contribution < -0.4 is 5.73 Å². The van der Waals surface area contributed by atoms with Crippen molar-refractivity contribution >= 4 is 5.91 Å². The lowest BCUT2D eigenvalue weighted by Gasteiger charge is -2.20. The van der Waals surface area contributed by atoms with Crippen LogP contribution in [0.4, 0.5) is 0 Å². The van der Waals surface area contributed by atoms with E-state index < -0.39 is 12.2 Å². The number of aryl methyl sites for hydroxylation is 1. The van der Waals surface area contributed by atoms with Gasteiger partial charge in [0.25, 0.3) is 0 Å². The summed E-state index contributed by atoms with van der Waals surface area (Å²) >= 11 is 0. The summed E-state index contributed by atoms with van der Waals surface area (Å²) < 4.78 is 5.59. The Labute approximate surface area is 174 Å². The molecular weight excluding hydrogens is 366 g/mol. The molecule has 1 aromatic rings. The summed E-state index contributed by atoms with van der Waals surface area (Å²) in [6, 6.07) is 10.3. The summed E-state index contributed by atoms with van der Waals surface area (Å²) in [5, 5.41) is 20.8. The number of carbonyl (C=O) groups excluding carboxylic acids is 1. The molecule has 0 aromatic heterocycles. The lowest BCUT2D eigenvalue weighted by Crippen LogP contribution is -2.20. The molecule has 0 heterocycles. The van der Waals surface area contributed by atoms with E-state index in [1.807, 2.05) is 42.5 Å². The highest BCUT2D eigenvalue weighted by molar-refractivity contribution is 5.73. The molecule has 5 nitrogen and oxygen atoms in total. The number of hydrogen-bond donors (Lipinski definition) is 3. The Morgan fingerprint density at radius 3 is 2.69 bits per heavy atom. The Morgan fingerprint density at radius 2 is 2.00 bits per heavy atom.